The van der Waals surface area contributed by atoms with Crippen molar-refractivity contribution in [2.24, 2.45) is 11.3 Å². The van der Waals surface area contributed by atoms with Gasteiger partial charge in [-0.25, -0.2) is 4.98 Å². The Morgan fingerprint density at radius 1 is 1.25 bits per heavy atom. The molecule has 0 amide bonds. The third kappa shape index (κ3) is 3.61. The van der Waals surface area contributed by atoms with Gasteiger partial charge in [-0.1, -0.05) is 34.1 Å². The Kier molecular flexibility index (Phi) is 5.30. The number of anilines is 3. The molecule has 4 aliphatic rings. The zero-order valence-electron chi connectivity index (χ0n) is 17.7. The highest BCUT2D eigenvalue weighted by Gasteiger charge is 2.55. The summed E-state index contributed by atoms with van der Waals surface area (Å²) in [7, 11) is 0. The summed E-state index contributed by atoms with van der Waals surface area (Å²) in [5.74, 6) is 3.95. The Hall–Kier alpha value is -2.11. The second kappa shape index (κ2) is 7.72. The molecule has 28 heavy (non-hydrogen) atoms. The number of nitrogens with one attached hydrogen (secondary N) is 2. The third-order valence-corrected chi connectivity index (χ3v) is 6.42. The zero-order chi connectivity index (χ0) is 19.7. The van der Waals surface area contributed by atoms with Gasteiger partial charge in [0.25, 0.3) is 0 Å². The summed E-state index contributed by atoms with van der Waals surface area (Å²) in [5, 5.41) is 10.9. The van der Waals surface area contributed by atoms with E-state index in [0.717, 1.165) is 30.0 Å². The van der Waals surface area contributed by atoms with E-state index < -0.39 is 0 Å². The van der Waals surface area contributed by atoms with E-state index in [1.54, 1.807) is 0 Å². The summed E-state index contributed by atoms with van der Waals surface area (Å²) in [6, 6.07) is 4.67. The first-order valence-electron chi connectivity index (χ1n) is 11.0. The highest BCUT2D eigenvalue weighted by Crippen LogP contribution is 2.55. The van der Waals surface area contributed by atoms with Crippen LogP contribution in [0, 0.1) is 11.3 Å². The minimum absolute atomic E-state index is 0.505. The Bertz CT molecular complexity index is 788. The van der Waals surface area contributed by atoms with Crippen LogP contribution in [0.3, 0.4) is 0 Å². The number of aromatic amines is 1. The van der Waals surface area contributed by atoms with Crippen LogP contribution in [0.1, 0.15) is 77.8 Å². The molecular formula is C22H34N6. The number of nitrogens with zero attached hydrogens (tertiary/aromatic N) is 4. The first-order valence-corrected chi connectivity index (χ1v) is 11.0. The van der Waals surface area contributed by atoms with Crippen LogP contribution in [0.5, 0.6) is 0 Å². The minimum Gasteiger partial charge on any atom is -0.337 e. The molecule has 0 atom stereocenters. The number of hydrogen-bond donors (Lipinski definition) is 2. The van der Waals surface area contributed by atoms with Gasteiger partial charge in [0.1, 0.15) is 5.82 Å². The van der Waals surface area contributed by atoms with Crippen LogP contribution < -0.4 is 10.2 Å². The molecular weight excluding hydrogens is 348 g/mol. The van der Waals surface area contributed by atoms with Gasteiger partial charge in [0, 0.05) is 36.5 Å². The van der Waals surface area contributed by atoms with Crippen molar-refractivity contribution in [1.29, 1.82) is 0 Å². The quantitative estimate of drug-likeness (QED) is 0.714. The maximum absolute atomic E-state index is 4.78. The molecule has 2 bridgehead atoms. The first kappa shape index (κ1) is 19.2. The summed E-state index contributed by atoms with van der Waals surface area (Å²) in [6.45, 7) is 9.76. The van der Waals surface area contributed by atoms with Gasteiger partial charge in [-0.2, -0.15) is 10.1 Å². The lowest BCUT2D eigenvalue weighted by atomic mass is 9.66. The predicted octanol–water partition coefficient (Wildman–Crippen LogP) is 5.25. The molecule has 6 nitrogen and oxygen atoms in total. The molecule has 2 aromatic rings. The van der Waals surface area contributed by atoms with Gasteiger partial charge < -0.3 is 10.2 Å². The molecule has 4 fully saturated rings. The lowest BCUT2D eigenvalue weighted by Gasteiger charge is -2.38. The number of hydrogen-bond acceptors (Lipinski definition) is 5. The highest BCUT2D eigenvalue weighted by atomic mass is 15.3. The van der Waals surface area contributed by atoms with Crippen molar-refractivity contribution >= 4 is 17.6 Å². The van der Waals surface area contributed by atoms with E-state index in [2.05, 4.69) is 45.3 Å². The van der Waals surface area contributed by atoms with Crippen LogP contribution in [0.4, 0.5) is 17.6 Å². The molecule has 0 radical (unpaired) electrons. The molecule has 2 N–H and O–H groups in total. The van der Waals surface area contributed by atoms with Gasteiger partial charge in [0.2, 0.25) is 5.95 Å². The van der Waals surface area contributed by atoms with Crippen LogP contribution in [0.2, 0.25) is 0 Å². The van der Waals surface area contributed by atoms with Crippen molar-refractivity contribution in [3.63, 3.8) is 0 Å². The van der Waals surface area contributed by atoms with Gasteiger partial charge in [0.15, 0.2) is 5.82 Å². The Morgan fingerprint density at radius 3 is 2.71 bits per heavy atom. The molecule has 0 unspecified atom stereocenters. The number of rotatable bonds is 6. The molecule has 2 saturated heterocycles. The molecule has 0 aromatic carbocycles. The SMILES string of the molecule is CC.CC(C)CC12CC(C1)N(c1nccc(Nc3cc(C4CCC4)[nH]n3)n1)C2. The summed E-state index contributed by atoms with van der Waals surface area (Å²) in [5.41, 5.74) is 1.75. The average Bonchev–Trinajstić information content (AvgIpc) is 3.28. The molecule has 2 aliphatic heterocycles. The summed E-state index contributed by atoms with van der Waals surface area (Å²) >= 11 is 0. The van der Waals surface area contributed by atoms with Crippen LogP contribution in [-0.4, -0.2) is 32.8 Å². The molecule has 152 valence electrons. The first-order chi connectivity index (χ1) is 13.6. The van der Waals surface area contributed by atoms with Crippen molar-refractivity contribution in [2.75, 3.05) is 16.8 Å². The summed E-state index contributed by atoms with van der Waals surface area (Å²) < 4.78 is 0. The molecule has 2 aromatic heterocycles. The second-order valence-corrected chi connectivity index (χ2v) is 8.99. The Labute approximate surface area is 168 Å². The van der Waals surface area contributed by atoms with Crippen LogP contribution in [0.15, 0.2) is 18.3 Å². The molecule has 4 heterocycles. The summed E-state index contributed by atoms with van der Waals surface area (Å²) in [6.07, 6.45) is 9.65. The monoisotopic (exact) mass is 382 g/mol. The van der Waals surface area contributed by atoms with E-state index in [0.29, 0.717) is 17.4 Å². The molecule has 2 saturated carbocycles. The van der Waals surface area contributed by atoms with Gasteiger partial charge in [-0.05, 0) is 49.5 Å². The number of fused-ring (bicyclic) bond motifs is 1. The standard InChI is InChI=1S/C20H28N6.C2H6/c1-13(2)9-20-10-15(11-20)26(12-20)19-21-7-6-17(23-19)22-18-8-16(24-25-18)14-4-3-5-14;1-2/h6-8,13-15H,3-5,9-12H2,1-2H3,(H2,21,22,23,24,25);1-2H3. The molecule has 0 spiro atoms. The van der Waals surface area contributed by atoms with E-state index in [9.17, 15) is 0 Å². The van der Waals surface area contributed by atoms with Gasteiger partial charge >= 0.3 is 0 Å². The van der Waals surface area contributed by atoms with Gasteiger partial charge in [-0.3, -0.25) is 5.10 Å². The lowest BCUT2D eigenvalue weighted by molar-refractivity contribution is 0.158. The van der Waals surface area contributed by atoms with E-state index in [1.165, 1.54) is 44.2 Å². The normalized spacial score (nSPS) is 25.8. The number of aromatic nitrogens is 4. The lowest BCUT2D eigenvalue weighted by Crippen LogP contribution is -2.35. The van der Waals surface area contributed by atoms with Crippen molar-refractivity contribution < 1.29 is 0 Å². The molecule has 2 aliphatic carbocycles. The smallest absolute Gasteiger partial charge is 0.227 e. The van der Waals surface area contributed by atoms with Crippen LogP contribution in [0.25, 0.3) is 0 Å². The van der Waals surface area contributed by atoms with Crippen molar-refractivity contribution in [3.05, 3.63) is 24.0 Å². The average molecular weight is 383 g/mol. The van der Waals surface area contributed by atoms with Crippen molar-refractivity contribution in [3.8, 4) is 0 Å². The third-order valence-electron chi connectivity index (χ3n) is 6.42. The number of H-pyrrole nitrogens is 1. The van der Waals surface area contributed by atoms with Crippen LogP contribution >= 0.6 is 0 Å². The fourth-order valence-electron chi connectivity index (χ4n) is 5.13. The predicted molar refractivity (Wildman–Crippen MR) is 114 cm³/mol. The van der Waals surface area contributed by atoms with E-state index in [-0.39, 0.29) is 0 Å². The molecule has 6 rings (SSSR count). The topological polar surface area (TPSA) is 69.7 Å². The van der Waals surface area contributed by atoms with Crippen molar-refractivity contribution in [2.45, 2.75) is 78.2 Å². The van der Waals surface area contributed by atoms with Gasteiger partial charge in [0.05, 0.1) is 0 Å². The maximum atomic E-state index is 4.78. The second-order valence-electron chi connectivity index (χ2n) is 8.99. The van der Waals surface area contributed by atoms with Gasteiger partial charge in [-0.15, -0.1) is 0 Å². The Balaban J connectivity index is 0.000000932. The van der Waals surface area contributed by atoms with E-state index in [4.69, 9.17) is 4.98 Å². The fraction of sp³-hybridized carbons (Fsp3) is 0.682. The fourth-order valence-corrected chi connectivity index (χ4v) is 5.13. The molecule has 6 heteroatoms. The maximum Gasteiger partial charge on any atom is 0.227 e. The summed E-state index contributed by atoms with van der Waals surface area (Å²) in [4.78, 5) is 11.7. The van der Waals surface area contributed by atoms with Crippen LogP contribution in [-0.2, 0) is 0 Å². The Morgan fingerprint density at radius 2 is 2.04 bits per heavy atom. The highest BCUT2D eigenvalue weighted by molar-refractivity contribution is 5.54. The largest absolute Gasteiger partial charge is 0.337 e. The van der Waals surface area contributed by atoms with E-state index >= 15 is 0 Å². The zero-order valence-corrected chi connectivity index (χ0v) is 17.7. The van der Waals surface area contributed by atoms with Crippen molar-refractivity contribution in [1.82, 2.24) is 20.2 Å². The minimum atomic E-state index is 0.505. The van der Waals surface area contributed by atoms with E-state index in [1.807, 2.05) is 26.1 Å².